The van der Waals surface area contributed by atoms with Gasteiger partial charge in [-0.05, 0) is 18.1 Å². The Balaban J connectivity index is 2.62. The first-order valence-electron chi connectivity index (χ1n) is 5.08. The summed E-state index contributed by atoms with van der Waals surface area (Å²) in [6, 6.07) is 0. The van der Waals surface area contributed by atoms with Crippen LogP contribution in [0.25, 0.3) is 0 Å². The molecule has 17 heavy (non-hydrogen) atoms. The quantitative estimate of drug-likeness (QED) is 0.836. The van der Waals surface area contributed by atoms with Gasteiger partial charge in [-0.3, -0.25) is 5.10 Å². The van der Waals surface area contributed by atoms with Gasteiger partial charge in [-0.15, -0.1) is 0 Å². The minimum absolute atomic E-state index is 0.209. The topological polar surface area (TPSA) is 42.8 Å². The zero-order valence-corrected chi connectivity index (χ0v) is 10.4. The number of hydrogen-bond acceptors (Lipinski definition) is 3. The van der Waals surface area contributed by atoms with E-state index in [1.165, 1.54) is 0 Å². The lowest BCUT2D eigenvalue weighted by molar-refractivity contribution is -0.177. The summed E-state index contributed by atoms with van der Waals surface area (Å²) in [4.78, 5) is 0. The van der Waals surface area contributed by atoms with Crippen molar-refractivity contribution in [2.24, 2.45) is 5.92 Å². The molecule has 1 aromatic rings. The molecule has 1 N–H and O–H groups in total. The number of rotatable bonds is 5. The number of halogens is 3. The van der Waals surface area contributed by atoms with Crippen molar-refractivity contribution < 1.29 is 17.9 Å². The van der Waals surface area contributed by atoms with Crippen LogP contribution in [0, 0.1) is 10.7 Å². The second kappa shape index (κ2) is 5.63. The number of nitrogens with zero attached hydrogens (tertiary/aromatic N) is 2. The van der Waals surface area contributed by atoms with Gasteiger partial charge in [-0.25, -0.2) is 0 Å². The first-order valence-corrected chi connectivity index (χ1v) is 5.49. The summed E-state index contributed by atoms with van der Waals surface area (Å²) in [5.74, 6) is 0.702. The molecule has 0 spiro atoms. The fourth-order valence-corrected chi connectivity index (χ4v) is 1.50. The highest BCUT2D eigenvalue weighted by Crippen LogP contribution is 2.15. The Morgan fingerprint density at radius 3 is 2.65 bits per heavy atom. The van der Waals surface area contributed by atoms with E-state index in [1.54, 1.807) is 4.57 Å². The Hall–Kier alpha value is -0.890. The van der Waals surface area contributed by atoms with E-state index in [0.717, 1.165) is 0 Å². The van der Waals surface area contributed by atoms with Crippen molar-refractivity contribution in [2.75, 3.05) is 6.61 Å². The van der Waals surface area contributed by atoms with Gasteiger partial charge >= 0.3 is 6.18 Å². The van der Waals surface area contributed by atoms with Gasteiger partial charge in [0.15, 0.2) is 10.6 Å². The number of ether oxygens (including phenoxy) is 1. The molecular formula is C9H14F3N3OS. The standard InChI is InChI=1S/C9H14F3N3OS/c1-6(2)3-15-7(13-14-8(15)17)4-16-5-9(10,11)12/h6H,3-5H2,1-2H3,(H,14,17). The maximum absolute atomic E-state index is 11.9. The molecule has 8 heteroatoms. The third-order valence-electron chi connectivity index (χ3n) is 1.88. The number of H-pyrrole nitrogens is 1. The molecule has 0 radical (unpaired) electrons. The molecule has 0 aromatic carbocycles. The molecule has 98 valence electrons. The van der Waals surface area contributed by atoms with Crippen LogP contribution in [0.2, 0.25) is 0 Å². The largest absolute Gasteiger partial charge is 0.411 e. The van der Waals surface area contributed by atoms with Gasteiger partial charge in [0.25, 0.3) is 0 Å². The fraction of sp³-hybridized carbons (Fsp3) is 0.778. The second-order valence-electron chi connectivity index (χ2n) is 4.06. The van der Waals surface area contributed by atoms with Crippen molar-refractivity contribution in [3.8, 4) is 0 Å². The molecular weight excluding hydrogens is 255 g/mol. The molecule has 1 heterocycles. The van der Waals surface area contributed by atoms with Crippen molar-refractivity contribution in [3.05, 3.63) is 10.6 Å². The zero-order chi connectivity index (χ0) is 13.1. The fourth-order valence-electron chi connectivity index (χ4n) is 1.27. The van der Waals surface area contributed by atoms with Gasteiger partial charge in [0.2, 0.25) is 0 Å². The molecule has 0 aliphatic carbocycles. The molecule has 0 amide bonds. The Morgan fingerprint density at radius 2 is 2.12 bits per heavy atom. The molecule has 0 aliphatic rings. The van der Waals surface area contributed by atoms with E-state index >= 15 is 0 Å². The second-order valence-corrected chi connectivity index (χ2v) is 4.44. The van der Waals surface area contributed by atoms with Gasteiger partial charge in [0, 0.05) is 6.54 Å². The number of hydrogen-bond donors (Lipinski definition) is 1. The molecule has 0 saturated heterocycles. The Morgan fingerprint density at radius 1 is 1.47 bits per heavy atom. The van der Waals surface area contributed by atoms with Gasteiger partial charge in [-0.2, -0.15) is 18.3 Å². The summed E-state index contributed by atoms with van der Waals surface area (Å²) >= 11 is 4.98. The zero-order valence-electron chi connectivity index (χ0n) is 9.54. The first-order chi connectivity index (χ1) is 7.79. The van der Waals surface area contributed by atoms with E-state index in [-0.39, 0.29) is 6.61 Å². The van der Waals surface area contributed by atoms with Crippen molar-refractivity contribution in [2.45, 2.75) is 33.2 Å². The molecule has 4 nitrogen and oxygen atoms in total. The Kier molecular flexibility index (Phi) is 4.70. The van der Waals surface area contributed by atoms with Gasteiger partial charge in [-0.1, -0.05) is 13.8 Å². The summed E-state index contributed by atoms with van der Waals surface area (Å²) in [6.45, 7) is 3.07. The van der Waals surface area contributed by atoms with Crippen LogP contribution in [-0.2, 0) is 17.9 Å². The number of nitrogens with one attached hydrogen (secondary N) is 1. The predicted molar refractivity (Wildman–Crippen MR) is 58.0 cm³/mol. The molecule has 1 aromatic heterocycles. The van der Waals surface area contributed by atoms with Crippen LogP contribution in [0.5, 0.6) is 0 Å². The number of aromatic nitrogens is 3. The molecule has 0 aliphatic heterocycles. The van der Waals surface area contributed by atoms with E-state index in [4.69, 9.17) is 12.2 Å². The van der Waals surface area contributed by atoms with Crippen molar-refractivity contribution in [1.82, 2.24) is 14.8 Å². The predicted octanol–water partition coefficient (Wildman–Crippen LogP) is 2.68. The summed E-state index contributed by atoms with van der Waals surface area (Å²) < 4.78 is 42.3. The molecule has 0 bridgehead atoms. The van der Waals surface area contributed by atoms with Crippen LogP contribution >= 0.6 is 12.2 Å². The summed E-state index contributed by atoms with van der Waals surface area (Å²) in [5, 5.41) is 6.39. The minimum Gasteiger partial charge on any atom is -0.364 e. The van der Waals surface area contributed by atoms with Crippen molar-refractivity contribution >= 4 is 12.2 Å². The number of alkyl halides is 3. The van der Waals surface area contributed by atoms with Gasteiger partial charge in [0.1, 0.15) is 13.2 Å². The number of aromatic amines is 1. The molecule has 1 rings (SSSR count). The van der Waals surface area contributed by atoms with Crippen LogP contribution in [-0.4, -0.2) is 27.5 Å². The van der Waals surface area contributed by atoms with Gasteiger partial charge < -0.3 is 9.30 Å². The third-order valence-corrected chi connectivity index (χ3v) is 2.19. The van der Waals surface area contributed by atoms with E-state index in [2.05, 4.69) is 14.9 Å². The average molecular weight is 269 g/mol. The van der Waals surface area contributed by atoms with E-state index in [9.17, 15) is 13.2 Å². The van der Waals surface area contributed by atoms with Crippen LogP contribution in [0.15, 0.2) is 0 Å². The van der Waals surface area contributed by atoms with Gasteiger partial charge in [0.05, 0.1) is 0 Å². The maximum Gasteiger partial charge on any atom is 0.411 e. The first kappa shape index (κ1) is 14.2. The highest BCUT2D eigenvalue weighted by atomic mass is 32.1. The van der Waals surface area contributed by atoms with E-state index < -0.39 is 12.8 Å². The van der Waals surface area contributed by atoms with Crippen LogP contribution < -0.4 is 0 Å². The maximum atomic E-state index is 11.9. The lowest BCUT2D eigenvalue weighted by atomic mass is 10.2. The minimum atomic E-state index is -4.32. The normalized spacial score (nSPS) is 12.4. The SMILES string of the molecule is CC(C)Cn1c(COCC(F)(F)F)n[nH]c1=S. The highest BCUT2D eigenvalue weighted by molar-refractivity contribution is 7.71. The van der Waals surface area contributed by atoms with Crippen molar-refractivity contribution in [3.63, 3.8) is 0 Å². The Bertz CT molecular complexity index is 410. The van der Waals surface area contributed by atoms with E-state index in [0.29, 0.717) is 23.1 Å². The van der Waals surface area contributed by atoms with Crippen molar-refractivity contribution in [1.29, 1.82) is 0 Å². The Labute approximate surface area is 102 Å². The van der Waals surface area contributed by atoms with Crippen LogP contribution in [0.4, 0.5) is 13.2 Å². The van der Waals surface area contributed by atoms with E-state index in [1.807, 2.05) is 13.8 Å². The molecule has 0 fully saturated rings. The molecule has 0 saturated carbocycles. The lowest BCUT2D eigenvalue weighted by Crippen LogP contribution is -2.18. The average Bonchev–Trinajstić information content (AvgIpc) is 2.47. The summed E-state index contributed by atoms with van der Waals surface area (Å²) in [6.07, 6.45) is -4.32. The summed E-state index contributed by atoms with van der Waals surface area (Å²) in [5.41, 5.74) is 0. The lowest BCUT2D eigenvalue weighted by Gasteiger charge is -2.10. The summed E-state index contributed by atoms with van der Waals surface area (Å²) in [7, 11) is 0. The smallest absolute Gasteiger partial charge is 0.364 e. The molecule has 0 atom stereocenters. The third kappa shape index (κ3) is 4.86. The molecule has 0 unspecified atom stereocenters. The monoisotopic (exact) mass is 269 g/mol. The van der Waals surface area contributed by atoms with Crippen LogP contribution in [0.1, 0.15) is 19.7 Å². The highest BCUT2D eigenvalue weighted by Gasteiger charge is 2.27. The van der Waals surface area contributed by atoms with Crippen LogP contribution in [0.3, 0.4) is 0 Å².